The molecule has 0 saturated heterocycles. The average Bonchev–Trinajstić information content (AvgIpc) is 2.77. The Bertz CT molecular complexity index is 296. The van der Waals surface area contributed by atoms with Crippen molar-refractivity contribution in [1.82, 2.24) is 4.90 Å². The summed E-state index contributed by atoms with van der Waals surface area (Å²) in [5.41, 5.74) is 6.61. The molecule has 0 amide bonds. The molecule has 2 rings (SSSR count). The van der Waals surface area contributed by atoms with Crippen LogP contribution in [0.5, 0.6) is 0 Å². The van der Waals surface area contributed by atoms with Crippen molar-refractivity contribution in [3.8, 4) is 0 Å². The minimum absolute atomic E-state index is 0.299. The van der Waals surface area contributed by atoms with Gasteiger partial charge in [-0.25, -0.2) is 0 Å². The second-order valence-corrected chi connectivity index (χ2v) is 7.83. The smallest absolute Gasteiger partial charge is 0.0331 e. The quantitative estimate of drug-likeness (QED) is 0.752. The Morgan fingerprint density at radius 2 is 1.52 bits per heavy atom. The maximum atomic E-state index is 6.31. The second-order valence-electron chi connectivity index (χ2n) is 7.83. The molecule has 2 aliphatic rings. The van der Waals surface area contributed by atoms with Gasteiger partial charge in [0.2, 0.25) is 0 Å². The maximum Gasteiger partial charge on any atom is 0.0331 e. The molecule has 0 aromatic heterocycles. The predicted octanol–water partition coefficient (Wildman–Crippen LogP) is 4.57. The SMILES string of the molecule is CCC1CCC(N(C)C2(CN)CCCC(CC)CC2)CC1. The van der Waals surface area contributed by atoms with E-state index in [9.17, 15) is 0 Å². The first-order chi connectivity index (χ1) is 10.1. The van der Waals surface area contributed by atoms with E-state index in [1.807, 2.05) is 0 Å². The first kappa shape index (κ1) is 17.3. The highest BCUT2D eigenvalue weighted by Crippen LogP contribution is 2.39. The van der Waals surface area contributed by atoms with Gasteiger partial charge in [-0.1, -0.05) is 39.5 Å². The van der Waals surface area contributed by atoms with Gasteiger partial charge in [0.25, 0.3) is 0 Å². The Morgan fingerprint density at radius 3 is 2.10 bits per heavy atom. The lowest BCUT2D eigenvalue weighted by atomic mass is 9.80. The summed E-state index contributed by atoms with van der Waals surface area (Å²) in [6.07, 6.45) is 15.2. The molecule has 2 nitrogen and oxygen atoms in total. The number of likely N-dealkylation sites (N-methyl/N-ethyl adjacent to an activating group) is 1. The number of rotatable bonds is 5. The van der Waals surface area contributed by atoms with E-state index in [-0.39, 0.29) is 0 Å². The van der Waals surface area contributed by atoms with Crippen LogP contribution in [-0.2, 0) is 0 Å². The van der Waals surface area contributed by atoms with E-state index < -0.39 is 0 Å². The Labute approximate surface area is 132 Å². The Balaban J connectivity index is 1.98. The molecule has 0 aliphatic heterocycles. The van der Waals surface area contributed by atoms with E-state index >= 15 is 0 Å². The lowest BCUT2D eigenvalue weighted by Gasteiger charge is -2.47. The standard InChI is InChI=1S/C19H38N2/c1-4-16-7-6-13-19(15-20,14-12-16)21(3)18-10-8-17(5-2)9-11-18/h16-18H,4-15,20H2,1-3H3. The van der Waals surface area contributed by atoms with Crippen molar-refractivity contribution < 1.29 is 0 Å². The van der Waals surface area contributed by atoms with Crippen LogP contribution >= 0.6 is 0 Å². The van der Waals surface area contributed by atoms with Crippen LogP contribution < -0.4 is 5.73 Å². The molecule has 2 heteroatoms. The number of nitrogens with zero attached hydrogens (tertiary/aromatic N) is 1. The summed E-state index contributed by atoms with van der Waals surface area (Å²) in [5.74, 6) is 1.93. The highest BCUT2D eigenvalue weighted by molar-refractivity contribution is 4.96. The van der Waals surface area contributed by atoms with Gasteiger partial charge >= 0.3 is 0 Å². The van der Waals surface area contributed by atoms with Gasteiger partial charge in [-0.3, -0.25) is 4.90 Å². The van der Waals surface area contributed by atoms with Crippen molar-refractivity contribution in [1.29, 1.82) is 0 Å². The van der Waals surface area contributed by atoms with E-state index in [1.165, 1.54) is 70.6 Å². The molecule has 0 spiro atoms. The van der Waals surface area contributed by atoms with Crippen molar-refractivity contribution >= 4 is 0 Å². The molecule has 21 heavy (non-hydrogen) atoms. The fraction of sp³-hybridized carbons (Fsp3) is 1.00. The molecule has 2 saturated carbocycles. The summed E-state index contributed by atoms with van der Waals surface area (Å²) < 4.78 is 0. The molecular weight excluding hydrogens is 256 g/mol. The van der Waals surface area contributed by atoms with Crippen LogP contribution in [0.4, 0.5) is 0 Å². The zero-order chi connectivity index (χ0) is 15.3. The summed E-state index contributed by atoms with van der Waals surface area (Å²) in [5, 5.41) is 0. The fourth-order valence-electron chi connectivity index (χ4n) is 4.90. The topological polar surface area (TPSA) is 29.3 Å². The zero-order valence-electron chi connectivity index (χ0n) is 14.7. The van der Waals surface area contributed by atoms with Gasteiger partial charge in [0.1, 0.15) is 0 Å². The second kappa shape index (κ2) is 7.97. The van der Waals surface area contributed by atoms with E-state index in [4.69, 9.17) is 5.73 Å². The number of nitrogens with two attached hydrogens (primary N) is 1. The Morgan fingerprint density at radius 1 is 0.905 bits per heavy atom. The molecule has 0 aromatic carbocycles. The summed E-state index contributed by atoms with van der Waals surface area (Å²) >= 11 is 0. The predicted molar refractivity (Wildman–Crippen MR) is 92.5 cm³/mol. The van der Waals surface area contributed by atoms with Gasteiger partial charge in [0.05, 0.1) is 0 Å². The lowest BCUT2D eigenvalue weighted by molar-refractivity contribution is 0.0364. The summed E-state index contributed by atoms with van der Waals surface area (Å²) in [7, 11) is 2.38. The zero-order valence-corrected chi connectivity index (χ0v) is 14.7. The van der Waals surface area contributed by atoms with Crippen LogP contribution in [0.15, 0.2) is 0 Å². The third-order valence-corrected chi connectivity index (χ3v) is 6.92. The van der Waals surface area contributed by atoms with Gasteiger partial charge in [-0.15, -0.1) is 0 Å². The van der Waals surface area contributed by atoms with E-state index in [0.717, 1.165) is 24.4 Å². The van der Waals surface area contributed by atoms with E-state index in [2.05, 4.69) is 25.8 Å². The Kier molecular flexibility index (Phi) is 6.55. The molecule has 0 heterocycles. The van der Waals surface area contributed by atoms with Crippen LogP contribution in [0.3, 0.4) is 0 Å². The van der Waals surface area contributed by atoms with Crippen LogP contribution in [0.25, 0.3) is 0 Å². The van der Waals surface area contributed by atoms with Gasteiger partial charge in [-0.2, -0.15) is 0 Å². The minimum Gasteiger partial charge on any atom is -0.329 e. The minimum atomic E-state index is 0.299. The number of hydrogen-bond acceptors (Lipinski definition) is 2. The average molecular weight is 295 g/mol. The molecule has 2 aliphatic carbocycles. The van der Waals surface area contributed by atoms with Crippen molar-refractivity contribution in [2.24, 2.45) is 17.6 Å². The molecule has 0 radical (unpaired) electrons. The molecule has 2 unspecified atom stereocenters. The highest BCUT2D eigenvalue weighted by atomic mass is 15.2. The molecular formula is C19H38N2. The normalized spacial score (nSPS) is 38.4. The van der Waals surface area contributed by atoms with Gasteiger partial charge in [0.15, 0.2) is 0 Å². The molecule has 124 valence electrons. The fourth-order valence-corrected chi connectivity index (χ4v) is 4.90. The van der Waals surface area contributed by atoms with E-state index in [1.54, 1.807) is 0 Å². The van der Waals surface area contributed by atoms with Crippen LogP contribution in [0, 0.1) is 11.8 Å². The third kappa shape index (κ3) is 4.01. The van der Waals surface area contributed by atoms with Crippen molar-refractivity contribution in [3.63, 3.8) is 0 Å². The Hall–Kier alpha value is -0.0800. The molecule has 2 N–H and O–H groups in total. The van der Waals surface area contributed by atoms with Gasteiger partial charge in [-0.05, 0) is 63.8 Å². The third-order valence-electron chi connectivity index (χ3n) is 6.92. The molecule has 2 atom stereocenters. The molecule has 2 fully saturated rings. The first-order valence-electron chi connectivity index (χ1n) is 9.58. The molecule has 0 aromatic rings. The largest absolute Gasteiger partial charge is 0.329 e. The van der Waals surface area contributed by atoms with Gasteiger partial charge in [0, 0.05) is 18.1 Å². The van der Waals surface area contributed by atoms with Gasteiger partial charge < -0.3 is 5.73 Å². The monoisotopic (exact) mass is 294 g/mol. The highest BCUT2D eigenvalue weighted by Gasteiger charge is 2.39. The number of hydrogen-bond donors (Lipinski definition) is 1. The summed E-state index contributed by atoms with van der Waals surface area (Å²) in [6, 6.07) is 0.787. The molecule has 0 bridgehead atoms. The van der Waals surface area contributed by atoms with Crippen LogP contribution in [-0.4, -0.2) is 30.1 Å². The van der Waals surface area contributed by atoms with E-state index in [0.29, 0.717) is 5.54 Å². The van der Waals surface area contributed by atoms with Crippen molar-refractivity contribution in [2.75, 3.05) is 13.6 Å². The van der Waals surface area contributed by atoms with Crippen molar-refractivity contribution in [2.45, 2.75) is 96.1 Å². The first-order valence-corrected chi connectivity index (χ1v) is 9.58. The van der Waals surface area contributed by atoms with Crippen LogP contribution in [0.2, 0.25) is 0 Å². The maximum absolute atomic E-state index is 6.31. The lowest BCUT2D eigenvalue weighted by Crippen LogP contribution is -2.56. The van der Waals surface area contributed by atoms with Crippen LogP contribution in [0.1, 0.15) is 84.5 Å². The summed E-state index contributed by atoms with van der Waals surface area (Å²) in [4.78, 5) is 2.73. The summed E-state index contributed by atoms with van der Waals surface area (Å²) in [6.45, 7) is 5.57. The van der Waals surface area contributed by atoms with Crippen molar-refractivity contribution in [3.05, 3.63) is 0 Å².